The number of carbonyl (C=O) groups is 1. The molecule has 1 unspecified atom stereocenters. The molecule has 4 nitrogen and oxygen atoms in total. The highest BCUT2D eigenvalue weighted by atomic mass is 32.2. The Morgan fingerprint density at radius 3 is 2.23 bits per heavy atom. The maximum Gasteiger partial charge on any atom is 0.243 e. The third kappa shape index (κ3) is 2.66. The fraction of sp³-hybridized carbons (Fsp3) is 0.160. The molecule has 0 radical (unpaired) electrons. The zero-order valence-corrected chi connectivity index (χ0v) is 17.6. The van der Waals surface area contributed by atoms with Crippen LogP contribution in [0.1, 0.15) is 17.3 Å². The predicted octanol–water partition coefficient (Wildman–Crippen LogP) is 4.93. The highest BCUT2D eigenvalue weighted by Crippen LogP contribution is 2.48. The van der Waals surface area contributed by atoms with Gasteiger partial charge in [0.15, 0.2) is 0 Å². The number of para-hydroxylation sites is 1. The lowest BCUT2D eigenvalue weighted by Gasteiger charge is -2.35. The predicted molar refractivity (Wildman–Crippen MR) is 120 cm³/mol. The van der Waals surface area contributed by atoms with Crippen LogP contribution < -0.4 is 0 Å². The lowest BCUT2D eigenvalue weighted by molar-refractivity contribution is 0.0826. The molecule has 1 aliphatic rings. The van der Waals surface area contributed by atoms with Gasteiger partial charge in [-0.1, -0.05) is 72.8 Å². The summed E-state index contributed by atoms with van der Waals surface area (Å²) in [6, 6.07) is 25.5. The van der Waals surface area contributed by atoms with E-state index in [4.69, 9.17) is 0 Å². The Morgan fingerprint density at radius 2 is 1.50 bits per heavy atom. The van der Waals surface area contributed by atoms with Gasteiger partial charge in [0.1, 0.15) is 9.84 Å². The van der Waals surface area contributed by atoms with Gasteiger partial charge in [0.25, 0.3) is 0 Å². The van der Waals surface area contributed by atoms with Gasteiger partial charge >= 0.3 is 0 Å². The topological polar surface area (TPSA) is 56.1 Å². The van der Waals surface area contributed by atoms with Gasteiger partial charge in [-0.15, -0.1) is 0 Å². The van der Waals surface area contributed by atoms with Gasteiger partial charge in [-0.05, 0) is 24.1 Å². The average molecular weight is 416 g/mol. The van der Waals surface area contributed by atoms with E-state index in [1.54, 1.807) is 11.5 Å². The van der Waals surface area contributed by atoms with Gasteiger partial charge in [0.05, 0.1) is 22.4 Å². The van der Waals surface area contributed by atoms with Crippen molar-refractivity contribution in [2.45, 2.75) is 12.3 Å². The first-order valence-corrected chi connectivity index (χ1v) is 11.9. The lowest BCUT2D eigenvalue weighted by Crippen LogP contribution is -2.45. The van der Waals surface area contributed by atoms with Crippen LogP contribution in [0.15, 0.2) is 78.9 Å². The Bertz CT molecular complexity index is 1420. The van der Waals surface area contributed by atoms with Gasteiger partial charge in [-0.2, -0.15) is 0 Å². The van der Waals surface area contributed by atoms with Crippen LogP contribution >= 0.6 is 0 Å². The third-order valence-electron chi connectivity index (χ3n) is 5.94. The van der Waals surface area contributed by atoms with Crippen LogP contribution in [-0.2, 0) is 15.3 Å². The minimum Gasteiger partial charge on any atom is -0.278 e. The third-order valence-corrected chi connectivity index (χ3v) is 7.04. The number of rotatable bonds is 3. The Balaban J connectivity index is 1.95. The molecule has 0 amide bonds. The molecule has 0 saturated heterocycles. The van der Waals surface area contributed by atoms with Crippen LogP contribution in [-0.4, -0.2) is 30.9 Å². The molecule has 150 valence electrons. The first kappa shape index (κ1) is 18.8. The van der Waals surface area contributed by atoms with Crippen LogP contribution in [0.25, 0.3) is 33.3 Å². The summed E-state index contributed by atoms with van der Waals surface area (Å²) in [6.45, 7) is 1.75. The molecule has 30 heavy (non-hydrogen) atoms. The minimum absolute atomic E-state index is 0.208. The maximum absolute atomic E-state index is 13.9. The van der Waals surface area contributed by atoms with Crippen molar-refractivity contribution in [1.82, 2.24) is 4.57 Å². The molecule has 0 bridgehead atoms. The van der Waals surface area contributed by atoms with E-state index < -0.39 is 15.3 Å². The molecule has 5 heteroatoms. The van der Waals surface area contributed by atoms with E-state index in [1.807, 2.05) is 78.9 Å². The number of hydrogen-bond acceptors (Lipinski definition) is 3. The van der Waals surface area contributed by atoms with Crippen molar-refractivity contribution in [3.63, 3.8) is 0 Å². The quantitative estimate of drug-likeness (QED) is 0.477. The largest absolute Gasteiger partial charge is 0.278 e. The van der Waals surface area contributed by atoms with Crippen molar-refractivity contribution in [2.75, 3.05) is 12.0 Å². The highest BCUT2D eigenvalue weighted by Gasteiger charge is 2.46. The first-order chi connectivity index (χ1) is 14.3. The number of benzene rings is 3. The molecule has 1 aliphatic heterocycles. The summed E-state index contributed by atoms with van der Waals surface area (Å²) in [6.07, 6.45) is 1.19. The van der Waals surface area contributed by atoms with E-state index in [-0.39, 0.29) is 11.7 Å². The molecule has 4 aromatic rings. The first-order valence-electron chi connectivity index (χ1n) is 9.82. The number of carbonyl (C=O) groups excluding carboxylic acids is 1. The number of nitrogens with zero attached hydrogens (tertiary/aromatic N) is 1. The molecule has 0 saturated carbocycles. The van der Waals surface area contributed by atoms with E-state index >= 15 is 0 Å². The van der Waals surface area contributed by atoms with Crippen molar-refractivity contribution in [2.24, 2.45) is 0 Å². The monoisotopic (exact) mass is 415 g/mol. The smallest absolute Gasteiger partial charge is 0.243 e. The molecular weight excluding hydrogens is 394 g/mol. The van der Waals surface area contributed by atoms with Crippen molar-refractivity contribution < 1.29 is 13.2 Å². The van der Waals surface area contributed by atoms with E-state index in [9.17, 15) is 13.2 Å². The van der Waals surface area contributed by atoms with Crippen molar-refractivity contribution in [3.8, 4) is 22.4 Å². The van der Waals surface area contributed by atoms with Crippen molar-refractivity contribution in [1.29, 1.82) is 0 Å². The fourth-order valence-corrected chi connectivity index (χ4v) is 6.13. The second kappa shape index (κ2) is 6.41. The zero-order valence-electron chi connectivity index (χ0n) is 16.8. The molecule has 0 spiro atoms. The summed E-state index contributed by atoms with van der Waals surface area (Å²) < 4.78 is 26.3. The molecule has 5 rings (SSSR count). The second-order valence-electron chi connectivity index (χ2n) is 8.20. The van der Waals surface area contributed by atoms with Gasteiger partial charge < -0.3 is 0 Å². The molecule has 0 fully saturated rings. The van der Waals surface area contributed by atoms with Gasteiger partial charge in [-0.25, -0.2) is 8.42 Å². The van der Waals surface area contributed by atoms with Gasteiger partial charge in [0.2, 0.25) is 5.91 Å². The van der Waals surface area contributed by atoms with Crippen LogP contribution in [0.5, 0.6) is 0 Å². The number of hydrogen-bond donors (Lipinski definition) is 0. The second-order valence-corrected chi connectivity index (χ2v) is 10.3. The Labute approximate surface area is 175 Å². The summed E-state index contributed by atoms with van der Waals surface area (Å²) in [5, 5.41) is 0.977. The van der Waals surface area contributed by atoms with Crippen molar-refractivity contribution in [3.05, 3.63) is 84.4 Å². The highest BCUT2D eigenvalue weighted by molar-refractivity contribution is 7.90. The van der Waals surface area contributed by atoms with Crippen LogP contribution in [0.3, 0.4) is 0 Å². The Kier molecular flexibility index (Phi) is 4.02. The molecule has 3 aromatic carbocycles. The zero-order chi connectivity index (χ0) is 21.1. The molecule has 0 aliphatic carbocycles. The molecule has 1 aromatic heterocycles. The average Bonchev–Trinajstić information content (AvgIpc) is 3.07. The van der Waals surface area contributed by atoms with Crippen LogP contribution in [0.2, 0.25) is 0 Å². The summed E-state index contributed by atoms with van der Waals surface area (Å²) in [5.41, 5.74) is 4.14. The standard InChI is InChI=1S/C25H21NO3S/c1-25(16-30(2,28)29)20-14-8-6-12-18(20)23-22(17-10-4-3-5-11-17)19-13-7-9-15-21(19)26(23)24(25)27/h3-15H,16H2,1-2H3. The number of aromatic nitrogens is 1. The van der Waals surface area contributed by atoms with Crippen LogP contribution in [0.4, 0.5) is 0 Å². The molecule has 1 atom stereocenters. The SMILES string of the molecule is CC1(CS(C)(=O)=O)C(=O)n2c(c(-c3ccccc3)c3ccccc32)-c2ccccc21. The minimum atomic E-state index is -3.39. The fourth-order valence-electron chi connectivity index (χ4n) is 4.80. The van der Waals surface area contributed by atoms with Crippen molar-refractivity contribution >= 4 is 26.6 Å². The normalized spacial score (nSPS) is 18.3. The van der Waals surface area contributed by atoms with Gasteiger partial charge in [-0.3, -0.25) is 9.36 Å². The molecule has 0 N–H and O–H groups in total. The lowest BCUT2D eigenvalue weighted by atomic mass is 9.76. The van der Waals surface area contributed by atoms with E-state index in [0.29, 0.717) is 0 Å². The number of fused-ring (bicyclic) bond motifs is 5. The molecule has 2 heterocycles. The Hall–Kier alpha value is -3.18. The summed E-state index contributed by atoms with van der Waals surface area (Å²) in [7, 11) is -3.39. The van der Waals surface area contributed by atoms with E-state index in [0.717, 1.165) is 38.9 Å². The van der Waals surface area contributed by atoms with Crippen LogP contribution in [0, 0.1) is 0 Å². The molecular formula is C25H21NO3S. The summed E-state index contributed by atoms with van der Waals surface area (Å²) in [5.74, 6) is -0.442. The summed E-state index contributed by atoms with van der Waals surface area (Å²) in [4.78, 5) is 13.9. The van der Waals surface area contributed by atoms with E-state index in [1.165, 1.54) is 6.26 Å². The maximum atomic E-state index is 13.9. The Morgan fingerprint density at radius 1 is 0.867 bits per heavy atom. The van der Waals surface area contributed by atoms with Gasteiger partial charge in [0, 0.05) is 22.8 Å². The number of sulfone groups is 1. The van der Waals surface area contributed by atoms with E-state index in [2.05, 4.69) is 0 Å². The summed E-state index contributed by atoms with van der Waals surface area (Å²) >= 11 is 0.